The highest BCUT2D eigenvalue weighted by Gasteiger charge is 2.36. The van der Waals surface area contributed by atoms with E-state index in [9.17, 15) is 0 Å². The molecular formula is C18H28N2O. The second kappa shape index (κ2) is 6.37. The third kappa shape index (κ3) is 3.41. The van der Waals surface area contributed by atoms with E-state index in [0.717, 1.165) is 12.3 Å². The van der Waals surface area contributed by atoms with Crippen molar-refractivity contribution in [3.05, 3.63) is 29.8 Å². The Morgan fingerprint density at radius 2 is 1.71 bits per heavy atom. The highest BCUT2D eigenvalue weighted by atomic mass is 16.5. The van der Waals surface area contributed by atoms with Crippen molar-refractivity contribution in [1.29, 1.82) is 0 Å². The fraction of sp³-hybridized carbons (Fsp3) is 0.667. The largest absolute Gasteiger partial charge is 0.497 e. The number of ether oxygens (including phenoxy) is 1. The van der Waals surface area contributed by atoms with Crippen LogP contribution >= 0.6 is 0 Å². The van der Waals surface area contributed by atoms with E-state index in [-0.39, 0.29) is 6.04 Å². The SMILES string of the molecule is COc1ccc(C(N)CN2CCC3(CCCC3)CC2)cc1. The molecule has 1 aliphatic carbocycles. The maximum Gasteiger partial charge on any atom is 0.118 e. The molecule has 1 aromatic rings. The number of hydrogen-bond acceptors (Lipinski definition) is 3. The van der Waals surface area contributed by atoms with Gasteiger partial charge in [0.1, 0.15) is 5.75 Å². The minimum absolute atomic E-state index is 0.105. The molecule has 1 spiro atoms. The lowest BCUT2D eigenvalue weighted by Crippen LogP contribution is -2.42. The maximum atomic E-state index is 6.38. The highest BCUT2D eigenvalue weighted by Crippen LogP contribution is 2.46. The van der Waals surface area contributed by atoms with Gasteiger partial charge in [0.2, 0.25) is 0 Å². The van der Waals surface area contributed by atoms with Crippen LogP contribution < -0.4 is 10.5 Å². The number of hydrogen-bond donors (Lipinski definition) is 1. The first-order chi connectivity index (χ1) is 10.2. The molecule has 0 bridgehead atoms. The average molecular weight is 288 g/mol. The molecule has 3 nitrogen and oxygen atoms in total. The van der Waals surface area contributed by atoms with Crippen LogP contribution in [0.15, 0.2) is 24.3 Å². The number of nitrogens with two attached hydrogens (primary N) is 1. The first-order valence-electron chi connectivity index (χ1n) is 8.33. The third-order valence-corrected chi connectivity index (χ3v) is 5.58. The Morgan fingerprint density at radius 1 is 1.10 bits per heavy atom. The molecular weight excluding hydrogens is 260 g/mol. The van der Waals surface area contributed by atoms with Gasteiger partial charge in [-0.15, -0.1) is 0 Å². The first-order valence-corrected chi connectivity index (χ1v) is 8.33. The average Bonchev–Trinajstić information content (AvgIpc) is 2.98. The Morgan fingerprint density at radius 3 is 2.29 bits per heavy atom. The summed E-state index contributed by atoms with van der Waals surface area (Å²) in [7, 11) is 1.70. The van der Waals surface area contributed by atoms with Gasteiger partial charge in [0.25, 0.3) is 0 Å². The molecule has 0 radical (unpaired) electrons. The summed E-state index contributed by atoms with van der Waals surface area (Å²) in [5.41, 5.74) is 8.28. The minimum Gasteiger partial charge on any atom is -0.497 e. The van der Waals surface area contributed by atoms with Crippen molar-refractivity contribution in [2.24, 2.45) is 11.1 Å². The fourth-order valence-electron chi connectivity index (χ4n) is 4.07. The van der Waals surface area contributed by atoms with Crippen LogP contribution in [0.5, 0.6) is 5.75 Å². The maximum absolute atomic E-state index is 6.38. The normalized spacial score (nSPS) is 23.3. The van der Waals surface area contributed by atoms with Gasteiger partial charge >= 0.3 is 0 Å². The highest BCUT2D eigenvalue weighted by molar-refractivity contribution is 5.29. The van der Waals surface area contributed by atoms with Crippen molar-refractivity contribution in [2.45, 2.75) is 44.6 Å². The molecule has 0 amide bonds. The molecule has 1 aromatic carbocycles. The van der Waals surface area contributed by atoms with Crippen LogP contribution in [-0.2, 0) is 0 Å². The van der Waals surface area contributed by atoms with Gasteiger partial charge in [-0.1, -0.05) is 25.0 Å². The summed E-state index contributed by atoms with van der Waals surface area (Å²) in [5, 5.41) is 0. The summed E-state index contributed by atoms with van der Waals surface area (Å²) in [6.45, 7) is 3.43. The summed E-state index contributed by atoms with van der Waals surface area (Å²) >= 11 is 0. The van der Waals surface area contributed by atoms with Gasteiger partial charge in [0, 0.05) is 12.6 Å². The summed E-state index contributed by atoms with van der Waals surface area (Å²) < 4.78 is 5.20. The van der Waals surface area contributed by atoms with E-state index in [0.29, 0.717) is 5.41 Å². The molecule has 1 aliphatic heterocycles. The van der Waals surface area contributed by atoms with Crippen molar-refractivity contribution in [3.8, 4) is 5.75 Å². The van der Waals surface area contributed by atoms with Gasteiger partial charge in [-0.05, 0) is 61.9 Å². The Bertz CT molecular complexity index is 441. The number of rotatable bonds is 4. The number of nitrogens with zero attached hydrogens (tertiary/aromatic N) is 1. The van der Waals surface area contributed by atoms with E-state index in [1.165, 1.54) is 57.2 Å². The van der Waals surface area contributed by atoms with E-state index in [4.69, 9.17) is 10.5 Å². The lowest BCUT2D eigenvalue weighted by molar-refractivity contribution is 0.104. The molecule has 0 aromatic heterocycles. The molecule has 3 rings (SSSR count). The Kier molecular flexibility index (Phi) is 4.51. The minimum atomic E-state index is 0.105. The fourth-order valence-corrected chi connectivity index (χ4v) is 4.07. The molecule has 1 atom stereocenters. The topological polar surface area (TPSA) is 38.5 Å². The molecule has 1 saturated heterocycles. The van der Waals surface area contributed by atoms with Crippen LogP contribution in [0, 0.1) is 5.41 Å². The molecule has 2 aliphatic rings. The van der Waals surface area contributed by atoms with Crippen molar-refractivity contribution in [3.63, 3.8) is 0 Å². The number of piperidine rings is 1. The molecule has 1 heterocycles. The zero-order chi connectivity index (χ0) is 14.7. The zero-order valence-electron chi connectivity index (χ0n) is 13.2. The third-order valence-electron chi connectivity index (χ3n) is 5.58. The van der Waals surface area contributed by atoms with Crippen molar-refractivity contribution < 1.29 is 4.74 Å². The standard InChI is InChI=1S/C18H28N2O/c1-21-16-6-4-15(5-7-16)17(19)14-20-12-10-18(11-13-20)8-2-3-9-18/h4-7,17H,2-3,8-14,19H2,1H3. The Labute approximate surface area is 128 Å². The van der Waals surface area contributed by atoms with Gasteiger partial charge in [0.05, 0.1) is 7.11 Å². The lowest BCUT2D eigenvalue weighted by Gasteiger charge is -2.40. The Hall–Kier alpha value is -1.06. The second-order valence-corrected chi connectivity index (χ2v) is 6.89. The summed E-state index contributed by atoms with van der Waals surface area (Å²) in [6, 6.07) is 8.28. The monoisotopic (exact) mass is 288 g/mol. The van der Waals surface area contributed by atoms with E-state index < -0.39 is 0 Å². The molecule has 2 fully saturated rings. The van der Waals surface area contributed by atoms with Crippen LogP contribution in [0.2, 0.25) is 0 Å². The van der Waals surface area contributed by atoms with Gasteiger partial charge in [0.15, 0.2) is 0 Å². The molecule has 3 heteroatoms. The summed E-state index contributed by atoms with van der Waals surface area (Å²) in [4.78, 5) is 2.55. The van der Waals surface area contributed by atoms with Crippen molar-refractivity contribution >= 4 is 0 Å². The molecule has 1 saturated carbocycles. The van der Waals surface area contributed by atoms with Crippen LogP contribution in [0.1, 0.15) is 50.1 Å². The summed E-state index contributed by atoms with van der Waals surface area (Å²) in [6.07, 6.45) is 8.58. The van der Waals surface area contributed by atoms with Crippen molar-refractivity contribution in [1.82, 2.24) is 4.90 Å². The van der Waals surface area contributed by atoms with E-state index >= 15 is 0 Å². The molecule has 1 unspecified atom stereocenters. The van der Waals surface area contributed by atoms with Crippen LogP contribution in [0.25, 0.3) is 0 Å². The second-order valence-electron chi connectivity index (χ2n) is 6.89. The van der Waals surface area contributed by atoms with Gasteiger partial charge < -0.3 is 15.4 Å². The smallest absolute Gasteiger partial charge is 0.118 e. The van der Waals surface area contributed by atoms with E-state index in [2.05, 4.69) is 17.0 Å². The van der Waals surface area contributed by atoms with E-state index in [1.807, 2.05) is 12.1 Å². The molecule has 116 valence electrons. The van der Waals surface area contributed by atoms with Gasteiger partial charge in [-0.25, -0.2) is 0 Å². The zero-order valence-corrected chi connectivity index (χ0v) is 13.2. The number of benzene rings is 1. The predicted molar refractivity (Wildman–Crippen MR) is 86.5 cm³/mol. The number of likely N-dealkylation sites (tertiary alicyclic amines) is 1. The Balaban J connectivity index is 1.52. The molecule has 2 N–H and O–H groups in total. The summed E-state index contributed by atoms with van der Waals surface area (Å²) in [5.74, 6) is 0.895. The van der Waals surface area contributed by atoms with Crippen molar-refractivity contribution in [2.75, 3.05) is 26.7 Å². The predicted octanol–water partition coefficient (Wildman–Crippen LogP) is 3.35. The first kappa shape index (κ1) is 14.9. The van der Waals surface area contributed by atoms with Gasteiger partial charge in [-0.3, -0.25) is 0 Å². The van der Waals surface area contributed by atoms with E-state index in [1.54, 1.807) is 7.11 Å². The molecule has 21 heavy (non-hydrogen) atoms. The number of methoxy groups -OCH3 is 1. The van der Waals surface area contributed by atoms with Crippen LogP contribution in [0.3, 0.4) is 0 Å². The van der Waals surface area contributed by atoms with Gasteiger partial charge in [-0.2, -0.15) is 0 Å². The lowest BCUT2D eigenvalue weighted by atomic mass is 9.77. The van der Waals surface area contributed by atoms with Crippen LogP contribution in [-0.4, -0.2) is 31.6 Å². The van der Waals surface area contributed by atoms with Crippen LogP contribution in [0.4, 0.5) is 0 Å². The quantitative estimate of drug-likeness (QED) is 0.923.